The van der Waals surface area contributed by atoms with Crippen molar-refractivity contribution in [1.29, 1.82) is 0 Å². The van der Waals surface area contributed by atoms with Crippen molar-refractivity contribution in [1.82, 2.24) is 0 Å². The second-order valence-electron chi connectivity index (χ2n) is 17.7. The smallest absolute Gasteiger partial charge is 0.169 e. The summed E-state index contributed by atoms with van der Waals surface area (Å²) < 4.78 is 33.5. The maximum Gasteiger partial charge on any atom is 0.169 e. The lowest BCUT2D eigenvalue weighted by molar-refractivity contribution is -0.0413. The maximum atomic E-state index is 7.63. The number of ether oxygens (including phenoxy) is 5. The van der Waals surface area contributed by atoms with Crippen LogP contribution in [0.1, 0.15) is 103 Å². The highest BCUT2D eigenvalue weighted by Gasteiger charge is 2.34. The summed E-state index contributed by atoms with van der Waals surface area (Å²) >= 11 is 0. The Kier molecular flexibility index (Phi) is 14.6. The molecule has 59 heavy (non-hydrogen) atoms. The van der Waals surface area contributed by atoms with E-state index in [2.05, 4.69) is 140 Å². The molecule has 0 aliphatic carbocycles. The van der Waals surface area contributed by atoms with Crippen molar-refractivity contribution in [3.05, 3.63) is 180 Å². The minimum absolute atomic E-state index is 0.241. The van der Waals surface area contributed by atoms with Gasteiger partial charge in [-0.2, -0.15) is 0 Å². The van der Waals surface area contributed by atoms with Crippen LogP contribution in [-0.2, 0) is 15.6 Å². The Balaban J connectivity index is 1.47. The van der Waals surface area contributed by atoms with Crippen LogP contribution in [-0.4, -0.2) is 13.2 Å². The van der Waals surface area contributed by atoms with E-state index in [0.717, 1.165) is 22.6 Å². The Morgan fingerprint density at radius 3 is 1.08 bits per heavy atom. The highest BCUT2D eigenvalue weighted by molar-refractivity contribution is 5.48. The molecule has 0 aromatic heterocycles. The summed E-state index contributed by atoms with van der Waals surface area (Å²) in [6.07, 6.45) is 0.738. The van der Waals surface area contributed by atoms with Gasteiger partial charge in [-0.15, -0.1) is 0 Å². The summed E-state index contributed by atoms with van der Waals surface area (Å²) in [4.78, 5) is 0. The zero-order valence-electron chi connectivity index (χ0n) is 36.2. The molecule has 308 valence electrons. The first-order valence-corrected chi connectivity index (χ1v) is 21.1. The van der Waals surface area contributed by atoms with Gasteiger partial charge in [-0.25, -0.2) is 0 Å². The molecule has 0 amide bonds. The summed E-state index contributed by atoms with van der Waals surface area (Å²) in [6, 6.07) is 53.8. The molecule has 0 N–H and O–H groups in total. The van der Waals surface area contributed by atoms with Gasteiger partial charge in [-0.1, -0.05) is 165 Å². The Morgan fingerprint density at radius 1 is 0.407 bits per heavy atom. The Bertz CT molecular complexity index is 2010. The average Bonchev–Trinajstić information content (AvgIpc) is 3.23. The molecule has 5 heteroatoms. The van der Waals surface area contributed by atoms with E-state index in [1.54, 1.807) is 0 Å². The fraction of sp³-hybridized carbons (Fsp3) is 0.333. The minimum atomic E-state index is -0.339. The van der Waals surface area contributed by atoms with Crippen LogP contribution in [0.25, 0.3) is 0 Å². The van der Waals surface area contributed by atoms with Crippen molar-refractivity contribution in [2.75, 3.05) is 13.2 Å². The Hall–Kier alpha value is -5.52. The van der Waals surface area contributed by atoms with Gasteiger partial charge >= 0.3 is 0 Å². The van der Waals surface area contributed by atoms with Crippen molar-refractivity contribution < 1.29 is 23.7 Å². The lowest BCUT2D eigenvalue weighted by Crippen LogP contribution is -2.26. The number of hydrogen-bond donors (Lipinski definition) is 0. The molecule has 6 rings (SSSR count). The monoisotopic (exact) mass is 790 g/mol. The Morgan fingerprint density at radius 2 is 0.746 bits per heavy atom. The SMILES string of the molecule is CC(C)COc1ccc(C(CC(C)(C)c2ccccc2)OC(CC(C)(C)c2ccccc2)c2ccc(OCC(C)C)c(Oc3ccccc3)c2)cc1Oc1ccccc1. The number of para-hydroxylation sites is 2. The first-order chi connectivity index (χ1) is 28.4. The zero-order valence-corrected chi connectivity index (χ0v) is 36.2. The quantitative estimate of drug-likeness (QED) is 0.0771. The molecular weight excluding hydrogens is 729 g/mol. The first kappa shape index (κ1) is 43.1. The van der Waals surface area contributed by atoms with Crippen LogP contribution >= 0.6 is 0 Å². The third kappa shape index (κ3) is 12.3. The molecule has 0 spiro atoms. The van der Waals surface area contributed by atoms with Crippen LogP contribution in [0.4, 0.5) is 0 Å². The summed E-state index contributed by atoms with van der Waals surface area (Å²) in [5.41, 5.74) is 4.04. The fourth-order valence-corrected chi connectivity index (χ4v) is 7.22. The molecule has 0 bridgehead atoms. The fourth-order valence-electron chi connectivity index (χ4n) is 7.22. The van der Waals surface area contributed by atoms with Crippen molar-refractivity contribution in [2.24, 2.45) is 11.8 Å². The first-order valence-electron chi connectivity index (χ1n) is 21.1. The minimum Gasteiger partial charge on any atom is -0.489 e. The Labute approximate surface area is 353 Å². The average molecular weight is 791 g/mol. The molecule has 6 aromatic carbocycles. The summed E-state index contributed by atoms with van der Waals surface area (Å²) in [5.74, 6) is 4.92. The number of benzene rings is 6. The van der Waals surface area contributed by atoms with Crippen molar-refractivity contribution >= 4 is 0 Å². The second-order valence-corrected chi connectivity index (χ2v) is 17.7. The van der Waals surface area contributed by atoms with E-state index in [1.807, 2.05) is 72.8 Å². The largest absolute Gasteiger partial charge is 0.489 e. The maximum absolute atomic E-state index is 7.63. The van der Waals surface area contributed by atoms with Crippen LogP contribution in [0.5, 0.6) is 34.5 Å². The molecule has 0 fully saturated rings. The molecule has 6 aromatic rings. The van der Waals surface area contributed by atoms with Crippen LogP contribution < -0.4 is 18.9 Å². The summed E-state index contributed by atoms with van der Waals surface area (Å²) in [6.45, 7) is 19.0. The molecular formula is C54H62O5. The molecule has 0 saturated heterocycles. The third-order valence-electron chi connectivity index (χ3n) is 10.6. The van der Waals surface area contributed by atoms with E-state index in [0.29, 0.717) is 60.9 Å². The van der Waals surface area contributed by atoms with Gasteiger partial charge in [-0.05, 0) is 106 Å². The third-order valence-corrected chi connectivity index (χ3v) is 10.6. The molecule has 2 unspecified atom stereocenters. The van der Waals surface area contributed by atoms with Crippen molar-refractivity contribution in [3.63, 3.8) is 0 Å². The van der Waals surface area contributed by atoms with E-state index in [9.17, 15) is 0 Å². The molecule has 2 atom stereocenters. The van der Waals surface area contributed by atoms with E-state index >= 15 is 0 Å². The zero-order chi connectivity index (χ0) is 41.8. The van der Waals surface area contributed by atoms with E-state index in [1.165, 1.54) is 11.1 Å². The standard InChI is InChI=1S/C54H62O5/c1-39(2)37-55-47-31-29-41(33-49(47)57-45-25-17-11-18-26-45)51(35-53(5,6)43-21-13-9-14-22-43)59-52(36-54(7,8)44-23-15-10-16-24-44)42-30-32-48(56-38-40(3)4)50(34-42)58-46-27-19-12-20-28-46/h9-34,39-40,51-52H,35-38H2,1-8H3. The van der Waals surface area contributed by atoms with Crippen LogP contribution in [0.3, 0.4) is 0 Å². The number of hydrogen-bond acceptors (Lipinski definition) is 5. The highest BCUT2D eigenvalue weighted by Crippen LogP contribution is 2.46. The molecule has 0 saturated carbocycles. The van der Waals surface area contributed by atoms with E-state index in [-0.39, 0.29) is 23.0 Å². The van der Waals surface area contributed by atoms with Crippen molar-refractivity contribution in [2.45, 2.75) is 91.3 Å². The second kappa shape index (κ2) is 20.0. The molecule has 0 radical (unpaired) electrons. The highest BCUT2D eigenvalue weighted by atomic mass is 16.5. The van der Waals surface area contributed by atoms with Crippen molar-refractivity contribution in [3.8, 4) is 34.5 Å². The topological polar surface area (TPSA) is 46.2 Å². The van der Waals surface area contributed by atoms with E-state index < -0.39 is 0 Å². The van der Waals surface area contributed by atoms with Gasteiger partial charge < -0.3 is 23.7 Å². The predicted molar refractivity (Wildman–Crippen MR) is 241 cm³/mol. The molecule has 0 aliphatic heterocycles. The summed E-state index contributed by atoms with van der Waals surface area (Å²) in [5, 5.41) is 0. The van der Waals surface area contributed by atoms with Gasteiger partial charge in [0.05, 0.1) is 25.4 Å². The molecule has 5 nitrogen and oxygen atoms in total. The molecule has 0 heterocycles. The number of rotatable bonds is 20. The van der Waals surface area contributed by atoms with Crippen LogP contribution in [0.15, 0.2) is 158 Å². The lowest BCUT2D eigenvalue weighted by atomic mass is 9.77. The van der Waals surface area contributed by atoms with Crippen LogP contribution in [0, 0.1) is 11.8 Å². The van der Waals surface area contributed by atoms with Gasteiger partial charge in [0.15, 0.2) is 23.0 Å². The van der Waals surface area contributed by atoms with Gasteiger partial charge in [0.1, 0.15) is 11.5 Å². The van der Waals surface area contributed by atoms with Gasteiger partial charge in [0, 0.05) is 0 Å². The summed E-state index contributed by atoms with van der Waals surface area (Å²) in [7, 11) is 0. The predicted octanol–water partition coefficient (Wildman–Crippen LogP) is 14.9. The van der Waals surface area contributed by atoms with Crippen LogP contribution in [0.2, 0.25) is 0 Å². The normalized spacial score (nSPS) is 12.9. The van der Waals surface area contributed by atoms with Gasteiger partial charge in [0.25, 0.3) is 0 Å². The van der Waals surface area contributed by atoms with E-state index in [4.69, 9.17) is 23.7 Å². The van der Waals surface area contributed by atoms with Gasteiger partial charge in [-0.3, -0.25) is 0 Å². The lowest BCUT2D eigenvalue weighted by Gasteiger charge is -2.36. The van der Waals surface area contributed by atoms with Gasteiger partial charge in [0.2, 0.25) is 0 Å². The molecule has 0 aliphatic rings.